The van der Waals surface area contributed by atoms with Crippen LogP contribution in [0.25, 0.3) is 12.2 Å². The van der Waals surface area contributed by atoms with Crippen molar-refractivity contribution in [2.24, 2.45) is 0 Å². The molecule has 2 aromatic rings. The maximum atomic E-state index is 13.4. The maximum Gasteiger partial charge on any atom is 0.389 e. The summed E-state index contributed by atoms with van der Waals surface area (Å²) in [6, 6.07) is 3.21. The van der Waals surface area contributed by atoms with Crippen LogP contribution in [0.4, 0.5) is 13.2 Å². The lowest BCUT2D eigenvalue weighted by atomic mass is 9.88. The first kappa shape index (κ1) is 36.4. The summed E-state index contributed by atoms with van der Waals surface area (Å²) in [6.45, 7) is 3.70. The van der Waals surface area contributed by atoms with Gasteiger partial charge in [0.15, 0.2) is 11.2 Å². The zero-order chi connectivity index (χ0) is 34.0. The SMILES string of the molecule is CCCc1c(OCCCC/C=C\C=C\[C@H](c2c(C(=O)O)oc3c(c2=O)=CCC(=S)C=3)[C@H](O)CCC(F)(F)F)ccc(C(C)=O)c1O. The Morgan fingerprint density at radius 2 is 1.93 bits per heavy atom. The summed E-state index contributed by atoms with van der Waals surface area (Å²) in [5.41, 5.74) is -0.410. The second-order valence-corrected chi connectivity index (χ2v) is 11.4. The van der Waals surface area contributed by atoms with Crippen molar-refractivity contribution in [2.45, 2.75) is 83.4 Å². The van der Waals surface area contributed by atoms with Crippen LogP contribution in [0.1, 0.15) is 96.8 Å². The minimum atomic E-state index is -4.57. The van der Waals surface area contributed by atoms with Crippen LogP contribution in [0, 0.1) is 0 Å². The van der Waals surface area contributed by atoms with E-state index in [2.05, 4.69) is 0 Å². The van der Waals surface area contributed by atoms with Crippen LogP contribution in [0.3, 0.4) is 0 Å². The van der Waals surface area contributed by atoms with Gasteiger partial charge < -0.3 is 24.5 Å². The van der Waals surface area contributed by atoms with Gasteiger partial charge in [0.2, 0.25) is 5.76 Å². The molecule has 3 N–H and O–H groups in total. The lowest BCUT2D eigenvalue weighted by Crippen LogP contribution is -2.45. The standard InChI is InChI=1S/C34H37F3O8S/c1-3-10-24-27(15-14-22(20(2)38)30(24)40)44-18-9-7-5-4-6-8-11-23(26(39)16-17-34(35,36)37)29-31(41)25-13-12-21(46)19-28(25)45-32(29)33(42)43/h4,6,8,11,13-15,19,23,26,39-40H,3,5,7,9-10,12,16-18H2,1-2H3,(H,42,43)/b6-4-,11-8+/t23-,26+/m0/s1. The van der Waals surface area contributed by atoms with E-state index < -0.39 is 53.8 Å². The van der Waals surface area contributed by atoms with Crippen molar-refractivity contribution in [3.63, 3.8) is 0 Å². The van der Waals surface area contributed by atoms with Crippen LogP contribution in [0.15, 0.2) is 45.6 Å². The van der Waals surface area contributed by atoms with Gasteiger partial charge in [0.1, 0.15) is 16.9 Å². The molecule has 0 aliphatic heterocycles. The first-order valence-electron chi connectivity index (χ1n) is 15.0. The van der Waals surface area contributed by atoms with Crippen LogP contribution >= 0.6 is 12.2 Å². The van der Waals surface area contributed by atoms with Crippen molar-refractivity contribution in [1.29, 1.82) is 0 Å². The molecule has 248 valence electrons. The number of carboxylic acids is 1. The number of benzene rings is 1. The van der Waals surface area contributed by atoms with Gasteiger partial charge in [-0.25, -0.2) is 4.79 Å². The average Bonchev–Trinajstić information content (AvgIpc) is 2.98. The third kappa shape index (κ3) is 9.73. The highest BCUT2D eigenvalue weighted by Gasteiger charge is 2.33. The molecule has 0 saturated heterocycles. The highest BCUT2D eigenvalue weighted by Crippen LogP contribution is 2.33. The third-order valence-electron chi connectivity index (χ3n) is 7.38. The van der Waals surface area contributed by atoms with Crippen molar-refractivity contribution in [3.05, 3.63) is 79.7 Å². The molecule has 8 nitrogen and oxygen atoms in total. The minimum absolute atomic E-state index is 0.0413. The van der Waals surface area contributed by atoms with E-state index in [9.17, 15) is 42.9 Å². The molecule has 0 bridgehead atoms. The first-order chi connectivity index (χ1) is 21.7. The molecule has 0 radical (unpaired) electrons. The lowest BCUT2D eigenvalue weighted by molar-refractivity contribution is -0.140. The van der Waals surface area contributed by atoms with E-state index in [-0.39, 0.29) is 34.2 Å². The van der Waals surface area contributed by atoms with Gasteiger partial charge in [-0.2, -0.15) is 13.2 Å². The molecule has 0 amide bonds. The van der Waals surface area contributed by atoms with E-state index in [0.717, 1.165) is 6.42 Å². The number of aromatic hydroxyl groups is 1. The number of aliphatic hydroxyl groups is 1. The minimum Gasteiger partial charge on any atom is -0.507 e. The van der Waals surface area contributed by atoms with Gasteiger partial charge in [0.25, 0.3) is 0 Å². The number of alkyl halides is 3. The summed E-state index contributed by atoms with van der Waals surface area (Å²) in [5.74, 6) is -3.55. The van der Waals surface area contributed by atoms with Gasteiger partial charge >= 0.3 is 12.1 Å². The molecule has 3 rings (SSSR count). The van der Waals surface area contributed by atoms with Crippen molar-refractivity contribution in [1.82, 2.24) is 0 Å². The molecule has 1 aliphatic carbocycles. The number of hydrogen-bond donors (Lipinski definition) is 3. The lowest BCUT2D eigenvalue weighted by Gasteiger charge is -2.21. The molecule has 0 saturated carbocycles. The number of aromatic carboxylic acids is 1. The molecule has 46 heavy (non-hydrogen) atoms. The average molecular weight is 663 g/mol. The van der Waals surface area contributed by atoms with Crippen LogP contribution in [-0.4, -0.2) is 50.8 Å². The molecule has 1 aliphatic rings. The third-order valence-corrected chi connectivity index (χ3v) is 7.67. The Morgan fingerprint density at radius 1 is 1.20 bits per heavy atom. The number of ether oxygens (including phenoxy) is 1. The van der Waals surface area contributed by atoms with Crippen LogP contribution in [0.5, 0.6) is 11.5 Å². The van der Waals surface area contributed by atoms with Gasteiger partial charge in [0.05, 0.1) is 29.1 Å². The Morgan fingerprint density at radius 3 is 2.59 bits per heavy atom. The number of carbonyl (C=O) groups excluding carboxylic acids is 1. The second-order valence-electron chi connectivity index (χ2n) is 10.9. The summed E-state index contributed by atoms with van der Waals surface area (Å²) < 4.78 is 50.2. The summed E-state index contributed by atoms with van der Waals surface area (Å²) >= 11 is 5.11. The molecule has 0 unspecified atom stereocenters. The Labute approximate surface area is 269 Å². The molecule has 1 heterocycles. The molecule has 12 heteroatoms. The van der Waals surface area contributed by atoms with Crippen molar-refractivity contribution < 1.29 is 47.2 Å². The molecule has 2 atom stereocenters. The van der Waals surface area contributed by atoms with Gasteiger partial charge in [-0.1, -0.05) is 55.9 Å². The number of hydrogen-bond acceptors (Lipinski definition) is 8. The Balaban J connectivity index is 1.72. The van der Waals surface area contributed by atoms with E-state index in [0.29, 0.717) is 48.5 Å². The predicted molar refractivity (Wildman–Crippen MR) is 171 cm³/mol. The number of ketones is 1. The Hall–Kier alpha value is -4.03. The fourth-order valence-electron chi connectivity index (χ4n) is 5.09. The number of fused-ring (bicyclic) bond motifs is 1. The van der Waals surface area contributed by atoms with Gasteiger partial charge in [-0.3, -0.25) is 9.59 Å². The number of rotatable bonds is 16. The number of phenolic OH excluding ortho intramolecular Hbond substituents is 1. The Bertz CT molecular complexity index is 1690. The number of thiocarbonyl (C=S) groups is 1. The number of aliphatic hydroxyl groups excluding tert-OH is 1. The number of halogens is 3. The van der Waals surface area contributed by atoms with Crippen molar-refractivity contribution >= 4 is 41.0 Å². The molecule has 0 spiro atoms. The van der Waals surface area contributed by atoms with Crippen LogP contribution in [0.2, 0.25) is 0 Å². The van der Waals surface area contributed by atoms with E-state index >= 15 is 0 Å². The van der Waals surface area contributed by atoms with Crippen molar-refractivity contribution in [2.75, 3.05) is 6.61 Å². The Kier molecular flexibility index (Phi) is 13.1. The zero-order valence-electron chi connectivity index (χ0n) is 25.6. The maximum absolute atomic E-state index is 13.4. The number of carboxylic acid groups (broad SMARTS) is 1. The van der Waals surface area contributed by atoms with E-state index in [1.54, 1.807) is 18.2 Å². The van der Waals surface area contributed by atoms with Crippen molar-refractivity contribution in [3.8, 4) is 11.5 Å². The summed E-state index contributed by atoms with van der Waals surface area (Å²) in [5, 5.41) is 31.1. The highest BCUT2D eigenvalue weighted by molar-refractivity contribution is 7.81. The predicted octanol–water partition coefficient (Wildman–Crippen LogP) is 5.68. The first-order valence-corrected chi connectivity index (χ1v) is 15.4. The summed E-state index contributed by atoms with van der Waals surface area (Å²) in [6.07, 6.45) is 4.08. The topological polar surface area (TPSA) is 134 Å². The van der Waals surface area contributed by atoms with Gasteiger partial charge in [-0.05, 0) is 57.2 Å². The molecule has 1 aromatic heterocycles. The molecule has 0 fully saturated rings. The number of unbranched alkanes of at least 4 members (excludes halogenated alkanes) is 2. The molecular weight excluding hydrogens is 625 g/mol. The molecule has 1 aromatic carbocycles. The quantitative estimate of drug-likeness (QED) is 0.0898. The summed E-state index contributed by atoms with van der Waals surface area (Å²) in [7, 11) is 0. The van der Waals surface area contributed by atoms with E-state index in [1.807, 2.05) is 6.92 Å². The number of allylic oxidation sites excluding steroid dienone is 3. The zero-order valence-corrected chi connectivity index (χ0v) is 26.4. The van der Waals surface area contributed by atoms with Crippen LogP contribution < -0.4 is 20.8 Å². The normalized spacial score (nSPS) is 14.5. The van der Waals surface area contributed by atoms with E-state index in [1.165, 1.54) is 37.3 Å². The fourth-order valence-corrected chi connectivity index (χ4v) is 5.28. The molecular formula is C34H37F3O8S. The largest absolute Gasteiger partial charge is 0.507 e. The second kappa shape index (κ2) is 16.5. The monoisotopic (exact) mass is 662 g/mol. The number of phenols is 1. The number of carbonyl (C=O) groups is 2. The van der Waals surface area contributed by atoms with E-state index in [4.69, 9.17) is 21.4 Å². The van der Waals surface area contributed by atoms with Gasteiger partial charge in [0, 0.05) is 29.2 Å². The highest BCUT2D eigenvalue weighted by atomic mass is 32.1. The summed E-state index contributed by atoms with van der Waals surface area (Å²) in [4.78, 5) is 37.6. The number of Topliss-reactive ketones (excluding diaryl/α,β-unsaturated/α-hetero) is 1. The van der Waals surface area contributed by atoms with Gasteiger partial charge in [-0.15, -0.1) is 0 Å². The fraction of sp³-hybridized carbons (Fsp3) is 0.412. The smallest absolute Gasteiger partial charge is 0.389 e. The van der Waals surface area contributed by atoms with Crippen LogP contribution in [-0.2, 0) is 6.42 Å².